The van der Waals surface area contributed by atoms with Crippen LogP contribution in [-0.2, 0) is 0 Å². The van der Waals surface area contributed by atoms with Crippen LogP contribution in [0.3, 0.4) is 0 Å². The van der Waals surface area contributed by atoms with Gasteiger partial charge in [0.25, 0.3) is 0 Å². The third-order valence-corrected chi connectivity index (χ3v) is 11.3. The fourth-order valence-electron chi connectivity index (χ4n) is 6.50. The molecular weight excluding hydrogens is 319 g/mol. The molecule has 0 aromatic heterocycles. The molecule has 4 saturated carbocycles. The average molecular weight is 361 g/mol. The zero-order valence-corrected chi connectivity index (χ0v) is 17.5. The number of allylic oxidation sites excluding steroid dienone is 1. The second-order valence-electron chi connectivity index (χ2n) is 9.62. The molecule has 0 N–H and O–H groups in total. The summed E-state index contributed by atoms with van der Waals surface area (Å²) in [7, 11) is 0.186. The lowest BCUT2D eigenvalue weighted by atomic mass is 9.74. The van der Waals surface area contributed by atoms with Crippen LogP contribution in [0.25, 0.3) is 0 Å². The smallest absolute Gasteiger partial charge is 0.0172 e. The summed E-state index contributed by atoms with van der Waals surface area (Å²) in [4.78, 5) is 0. The molecule has 0 atom stereocenters. The number of hydrogen-bond donors (Lipinski definition) is 0. The molecule has 0 amide bonds. The van der Waals surface area contributed by atoms with Gasteiger partial charge in [0.2, 0.25) is 0 Å². The van der Waals surface area contributed by atoms with E-state index in [9.17, 15) is 0 Å². The van der Waals surface area contributed by atoms with E-state index < -0.39 is 0 Å². The van der Waals surface area contributed by atoms with Crippen molar-refractivity contribution in [2.45, 2.75) is 127 Å². The quantitative estimate of drug-likeness (QED) is 0.432. The highest BCUT2D eigenvalue weighted by Crippen LogP contribution is 2.60. The minimum atomic E-state index is 0.186. The highest BCUT2D eigenvalue weighted by molar-refractivity contribution is 7.62. The van der Waals surface area contributed by atoms with E-state index in [1.807, 2.05) is 5.57 Å². The van der Waals surface area contributed by atoms with Gasteiger partial charge in [-0.1, -0.05) is 83.5 Å². The molecule has 0 unspecified atom stereocenters. The maximum Gasteiger partial charge on any atom is -0.0172 e. The zero-order valence-electron chi connectivity index (χ0n) is 16.6. The first-order valence-corrected chi connectivity index (χ1v) is 13.5. The van der Waals surface area contributed by atoms with Crippen LogP contribution in [0.4, 0.5) is 0 Å². The van der Waals surface area contributed by atoms with Crippen LogP contribution in [0, 0.1) is 11.8 Å². The molecule has 25 heavy (non-hydrogen) atoms. The average Bonchev–Trinajstić information content (AvgIpc) is 3.38. The van der Waals surface area contributed by atoms with E-state index in [-0.39, 0.29) is 7.92 Å². The van der Waals surface area contributed by atoms with Crippen LogP contribution >= 0.6 is 7.92 Å². The molecule has 0 aromatic carbocycles. The molecule has 0 radical (unpaired) electrons. The van der Waals surface area contributed by atoms with Crippen LogP contribution in [0.1, 0.15) is 116 Å². The minimum absolute atomic E-state index is 0.186. The Morgan fingerprint density at radius 2 is 0.840 bits per heavy atom. The van der Waals surface area contributed by atoms with Crippen molar-refractivity contribution in [1.82, 2.24) is 0 Å². The van der Waals surface area contributed by atoms with Crippen LogP contribution in [0.15, 0.2) is 11.4 Å². The summed E-state index contributed by atoms with van der Waals surface area (Å²) in [6.45, 7) is 0. The Balaban J connectivity index is 1.58. The monoisotopic (exact) mass is 360 g/mol. The Morgan fingerprint density at radius 3 is 1.24 bits per heavy atom. The van der Waals surface area contributed by atoms with E-state index in [0.29, 0.717) is 0 Å². The van der Waals surface area contributed by atoms with Gasteiger partial charge in [0.15, 0.2) is 0 Å². The molecule has 4 rings (SSSR count). The van der Waals surface area contributed by atoms with Crippen molar-refractivity contribution in [3.63, 3.8) is 0 Å². The van der Waals surface area contributed by atoms with E-state index in [1.54, 1.807) is 25.7 Å². The zero-order chi connectivity index (χ0) is 16.9. The number of rotatable bonds is 5. The van der Waals surface area contributed by atoms with Gasteiger partial charge in [-0.25, -0.2) is 0 Å². The maximum absolute atomic E-state index is 3.05. The van der Waals surface area contributed by atoms with Crippen molar-refractivity contribution in [1.29, 1.82) is 0 Å². The molecule has 142 valence electrons. The largest absolute Gasteiger partial charge is 0.0769 e. The first kappa shape index (κ1) is 18.5. The van der Waals surface area contributed by atoms with Gasteiger partial charge in [0, 0.05) is 0 Å². The maximum atomic E-state index is 3.05. The Kier molecular flexibility index (Phi) is 6.96. The Labute approximate surface area is 158 Å². The van der Waals surface area contributed by atoms with Crippen molar-refractivity contribution < 1.29 is 0 Å². The second-order valence-corrected chi connectivity index (χ2v) is 12.2. The lowest BCUT2D eigenvalue weighted by Gasteiger charge is -2.36. The second kappa shape index (κ2) is 9.39. The fourth-order valence-corrected chi connectivity index (χ4v) is 10.2. The van der Waals surface area contributed by atoms with E-state index in [1.165, 1.54) is 89.9 Å². The van der Waals surface area contributed by atoms with Crippen molar-refractivity contribution >= 4 is 7.92 Å². The van der Waals surface area contributed by atoms with E-state index in [4.69, 9.17) is 0 Å². The van der Waals surface area contributed by atoms with Crippen molar-refractivity contribution in [2.24, 2.45) is 11.8 Å². The number of hydrogen-bond acceptors (Lipinski definition) is 0. The third-order valence-electron chi connectivity index (χ3n) is 7.94. The van der Waals surface area contributed by atoms with E-state index >= 15 is 0 Å². The summed E-state index contributed by atoms with van der Waals surface area (Å²) in [5.41, 5.74) is 4.25. The Bertz CT molecular complexity index is 379. The molecule has 4 aliphatic rings. The lowest BCUT2D eigenvalue weighted by molar-refractivity contribution is 0.327. The molecule has 0 aromatic rings. The van der Waals surface area contributed by atoms with Gasteiger partial charge in [0.05, 0.1) is 0 Å². The van der Waals surface area contributed by atoms with Crippen molar-refractivity contribution in [2.75, 3.05) is 0 Å². The SMILES string of the molecule is C(=C(C1CCCCC1)C1CCCCC1)P(C1CCCC1)C1CCCC1. The van der Waals surface area contributed by atoms with Gasteiger partial charge >= 0.3 is 0 Å². The van der Waals surface area contributed by atoms with Crippen LogP contribution in [0.2, 0.25) is 0 Å². The summed E-state index contributed by atoms with van der Waals surface area (Å²) in [6.07, 6.45) is 27.6. The van der Waals surface area contributed by atoms with Gasteiger partial charge < -0.3 is 0 Å². The van der Waals surface area contributed by atoms with Crippen LogP contribution < -0.4 is 0 Å². The molecular formula is C24H41P. The predicted octanol–water partition coefficient (Wildman–Crippen LogP) is 8.40. The van der Waals surface area contributed by atoms with Gasteiger partial charge in [-0.15, -0.1) is 0 Å². The topological polar surface area (TPSA) is 0 Å². The van der Waals surface area contributed by atoms with Gasteiger partial charge in [-0.05, 0) is 74.5 Å². The highest BCUT2D eigenvalue weighted by Gasteiger charge is 2.34. The molecule has 0 bridgehead atoms. The predicted molar refractivity (Wildman–Crippen MR) is 113 cm³/mol. The standard InChI is InChI=1S/C24H41P/c1-3-11-20(12-4-1)24(21-13-5-2-6-14-21)19-25(22-15-7-8-16-22)23-17-9-10-18-23/h19-23H,1-18H2. The molecule has 0 heterocycles. The third kappa shape index (κ3) is 4.72. The molecule has 0 aliphatic heterocycles. The van der Waals surface area contributed by atoms with Crippen molar-refractivity contribution in [3.05, 3.63) is 11.4 Å². The van der Waals surface area contributed by atoms with Gasteiger partial charge in [-0.2, -0.15) is 0 Å². The van der Waals surface area contributed by atoms with Crippen LogP contribution in [-0.4, -0.2) is 11.3 Å². The summed E-state index contributed by atoms with van der Waals surface area (Å²) in [5, 5.41) is 0. The molecule has 4 aliphatic carbocycles. The normalized spacial score (nSPS) is 28.0. The van der Waals surface area contributed by atoms with E-state index in [0.717, 1.165) is 23.2 Å². The lowest BCUT2D eigenvalue weighted by Crippen LogP contribution is -2.20. The summed E-state index contributed by atoms with van der Waals surface area (Å²) in [5.74, 6) is 5.03. The molecule has 4 fully saturated rings. The fraction of sp³-hybridized carbons (Fsp3) is 0.917. The first-order valence-electron chi connectivity index (χ1n) is 11.9. The van der Waals surface area contributed by atoms with Gasteiger partial charge in [-0.3, -0.25) is 0 Å². The Hall–Kier alpha value is 0.170. The molecule has 1 heteroatoms. The molecule has 0 saturated heterocycles. The summed E-state index contributed by atoms with van der Waals surface area (Å²) < 4.78 is 0. The Morgan fingerprint density at radius 1 is 0.480 bits per heavy atom. The van der Waals surface area contributed by atoms with E-state index in [2.05, 4.69) is 5.82 Å². The van der Waals surface area contributed by atoms with Crippen molar-refractivity contribution in [3.8, 4) is 0 Å². The highest BCUT2D eigenvalue weighted by atomic mass is 31.1. The van der Waals surface area contributed by atoms with Crippen LogP contribution in [0.5, 0.6) is 0 Å². The summed E-state index contributed by atoms with van der Waals surface area (Å²) >= 11 is 0. The first-order chi connectivity index (χ1) is 12.4. The minimum Gasteiger partial charge on any atom is -0.0769 e. The summed E-state index contributed by atoms with van der Waals surface area (Å²) in [6, 6.07) is 0. The van der Waals surface area contributed by atoms with Gasteiger partial charge in [0.1, 0.15) is 0 Å². The molecule has 0 spiro atoms. The molecule has 0 nitrogen and oxygen atoms in total.